The van der Waals surface area contributed by atoms with Crippen molar-refractivity contribution in [1.82, 2.24) is 14.8 Å². The third kappa shape index (κ3) is 2.87. The molecule has 8 heteroatoms. The zero-order valence-electron chi connectivity index (χ0n) is 13.2. The fourth-order valence-corrected chi connectivity index (χ4v) is 5.41. The Hall–Kier alpha value is -1.83. The van der Waals surface area contributed by atoms with Gasteiger partial charge in [-0.3, -0.25) is 9.59 Å². The third-order valence-corrected chi connectivity index (χ3v) is 6.24. The Kier molecular flexibility index (Phi) is 3.95. The standard InChI is InChI=1S/C15H21N3O4S/c1-10(2)14(19)17-6-7-18(15(20)11-4-3-5-16-11)13-9-23(21,22)8-12(13)17/h3-5,10,12-13,16H,6-9H2,1-2H3/t12-,13+/m0/s1. The van der Waals surface area contributed by atoms with Gasteiger partial charge in [-0.1, -0.05) is 13.8 Å². The summed E-state index contributed by atoms with van der Waals surface area (Å²) in [4.78, 5) is 31.1. The van der Waals surface area contributed by atoms with E-state index >= 15 is 0 Å². The van der Waals surface area contributed by atoms with Crippen molar-refractivity contribution in [2.24, 2.45) is 5.92 Å². The largest absolute Gasteiger partial charge is 0.357 e. The zero-order chi connectivity index (χ0) is 16.8. The van der Waals surface area contributed by atoms with E-state index in [1.54, 1.807) is 42.0 Å². The molecule has 2 amide bonds. The molecule has 126 valence electrons. The summed E-state index contributed by atoms with van der Waals surface area (Å²) < 4.78 is 24.2. The predicted octanol–water partition coefficient (Wildman–Crippen LogP) is 0.121. The van der Waals surface area contributed by atoms with Crippen molar-refractivity contribution in [3.63, 3.8) is 0 Å². The monoisotopic (exact) mass is 339 g/mol. The number of fused-ring (bicyclic) bond motifs is 1. The van der Waals surface area contributed by atoms with E-state index < -0.39 is 21.9 Å². The Morgan fingerprint density at radius 1 is 1.17 bits per heavy atom. The molecule has 0 spiro atoms. The number of amides is 2. The molecule has 1 N–H and O–H groups in total. The zero-order valence-corrected chi connectivity index (χ0v) is 14.0. The fraction of sp³-hybridized carbons (Fsp3) is 0.600. The molecule has 0 radical (unpaired) electrons. The van der Waals surface area contributed by atoms with Crippen molar-refractivity contribution in [3.8, 4) is 0 Å². The summed E-state index contributed by atoms with van der Waals surface area (Å²) in [6.07, 6.45) is 1.66. The van der Waals surface area contributed by atoms with E-state index in [2.05, 4.69) is 4.98 Å². The number of hydrogen-bond acceptors (Lipinski definition) is 4. The first-order valence-electron chi connectivity index (χ1n) is 7.75. The molecule has 7 nitrogen and oxygen atoms in total. The van der Waals surface area contributed by atoms with Gasteiger partial charge in [0.25, 0.3) is 5.91 Å². The molecule has 0 aromatic carbocycles. The Morgan fingerprint density at radius 2 is 1.78 bits per heavy atom. The first-order chi connectivity index (χ1) is 10.8. The molecule has 2 fully saturated rings. The molecule has 23 heavy (non-hydrogen) atoms. The minimum atomic E-state index is -3.25. The Labute approximate surface area is 135 Å². The highest BCUT2D eigenvalue weighted by atomic mass is 32.2. The molecule has 2 atom stereocenters. The van der Waals surface area contributed by atoms with Crippen LogP contribution in [0, 0.1) is 5.92 Å². The Bertz CT molecular complexity index is 711. The van der Waals surface area contributed by atoms with Gasteiger partial charge < -0.3 is 14.8 Å². The molecule has 0 aliphatic carbocycles. The van der Waals surface area contributed by atoms with E-state index in [0.717, 1.165) is 0 Å². The molecule has 1 aromatic heterocycles. The average Bonchev–Trinajstić information content (AvgIpc) is 3.10. The van der Waals surface area contributed by atoms with E-state index in [1.165, 1.54) is 0 Å². The highest BCUT2D eigenvalue weighted by Gasteiger charge is 2.49. The number of carbonyl (C=O) groups excluding carboxylic acids is 2. The second-order valence-corrected chi connectivity index (χ2v) is 8.63. The van der Waals surface area contributed by atoms with Gasteiger partial charge in [0.1, 0.15) is 5.69 Å². The number of nitrogens with zero attached hydrogens (tertiary/aromatic N) is 2. The summed E-state index contributed by atoms with van der Waals surface area (Å²) in [5.41, 5.74) is 0.441. The maximum Gasteiger partial charge on any atom is 0.270 e. The maximum absolute atomic E-state index is 12.6. The van der Waals surface area contributed by atoms with E-state index in [9.17, 15) is 18.0 Å². The lowest BCUT2D eigenvalue weighted by Gasteiger charge is -2.44. The first-order valence-corrected chi connectivity index (χ1v) is 9.57. The summed E-state index contributed by atoms with van der Waals surface area (Å²) in [7, 11) is -3.25. The van der Waals surface area contributed by atoms with E-state index in [1.807, 2.05) is 0 Å². The SMILES string of the molecule is CC(C)C(=O)N1CCN(C(=O)c2ccc[nH]2)[C@@H]2CS(=O)(=O)C[C@@H]21. The third-order valence-electron chi connectivity index (χ3n) is 4.54. The van der Waals surface area contributed by atoms with Crippen molar-refractivity contribution in [2.75, 3.05) is 24.6 Å². The van der Waals surface area contributed by atoms with Gasteiger partial charge >= 0.3 is 0 Å². The van der Waals surface area contributed by atoms with Gasteiger partial charge in [-0.25, -0.2) is 8.42 Å². The van der Waals surface area contributed by atoms with Crippen LogP contribution in [0.25, 0.3) is 0 Å². The van der Waals surface area contributed by atoms with Gasteiger partial charge in [0.15, 0.2) is 9.84 Å². The molecule has 2 aliphatic rings. The Morgan fingerprint density at radius 3 is 2.35 bits per heavy atom. The van der Waals surface area contributed by atoms with Crippen LogP contribution in [0.1, 0.15) is 24.3 Å². The van der Waals surface area contributed by atoms with Gasteiger partial charge in [-0.15, -0.1) is 0 Å². The van der Waals surface area contributed by atoms with Crippen LogP contribution in [0.4, 0.5) is 0 Å². The average molecular weight is 339 g/mol. The van der Waals surface area contributed by atoms with E-state index in [-0.39, 0.29) is 29.2 Å². The summed E-state index contributed by atoms with van der Waals surface area (Å²) in [6.45, 7) is 4.33. The molecule has 0 unspecified atom stereocenters. The second-order valence-electron chi connectivity index (χ2n) is 6.48. The fourth-order valence-electron chi connectivity index (χ4n) is 3.43. The molecule has 0 saturated carbocycles. The van der Waals surface area contributed by atoms with Crippen molar-refractivity contribution >= 4 is 21.7 Å². The lowest BCUT2D eigenvalue weighted by atomic mass is 10.0. The number of rotatable bonds is 2. The molecule has 0 bridgehead atoms. The van der Waals surface area contributed by atoms with Crippen LogP contribution < -0.4 is 0 Å². The van der Waals surface area contributed by atoms with Crippen LogP contribution in [-0.2, 0) is 14.6 Å². The highest BCUT2D eigenvalue weighted by molar-refractivity contribution is 7.91. The minimum absolute atomic E-state index is 0.0518. The smallest absolute Gasteiger partial charge is 0.270 e. The minimum Gasteiger partial charge on any atom is -0.357 e. The predicted molar refractivity (Wildman–Crippen MR) is 84.6 cm³/mol. The number of aromatic amines is 1. The van der Waals surface area contributed by atoms with Crippen molar-refractivity contribution < 1.29 is 18.0 Å². The number of aromatic nitrogens is 1. The van der Waals surface area contributed by atoms with E-state index in [0.29, 0.717) is 18.8 Å². The molecule has 2 saturated heterocycles. The molecule has 3 heterocycles. The van der Waals surface area contributed by atoms with Crippen LogP contribution in [0.2, 0.25) is 0 Å². The Balaban J connectivity index is 1.90. The summed E-state index contributed by atoms with van der Waals surface area (Å²) >= 11 is 0. The van der Waals surface area contributed by atoms with Crippen LogP contribution in [0.15, 0.2) is 18.3 Å². The van der Waals surface area contributed by atoms with Crippen LogP contribution >= 0.6 is 0 Å². The van der Waals surface area contributed by atoms with Gasteiger partial charge in [0, 0.05) is 25.2 Å². The summed E-state index contributed by atoms with van der Waals surface area (Å²) in [5.74, 6) is -0.594. The first kappa shape index (κ1) is 16.0. The lowest BCUT2D eigenvalue weighted by Crippen LogP contribution is -2.62. The van der Waals surface area contributed by atoms with Crippen molar-refractivity contribution in [1.29, 1.82) is 0 Å². The van der Waals surface area contributed by atoms with Crippen molar-refractivity contribution in [2.45, 2.75) is 25.9 Å². The molecular formula is C15H21N3O4S. The summed E-state index contributed by atoms with van der Waals surface area (Å²) in [6, 6.07) is 2.50. The van der Waals surface area contributed by atoms with Gasteiger partial charge in [0.2, 0.25) is 5.91 Å². The topological polar surface area (TPSA) is 90.6 Å². The number of piperazine rings is 1. The van der Waals surface area contributed by atoms with Crippen LogP contribution in [-0.4, -0.2) is 71.7 Å². The van der Waals surface area contributed by atoms with Gasteiger partial charge in [-0.2, -0.15) is 0 Å². The second kappa shape index (κ2) is 5.67. The molecule has 2 aliphatic heterocycles. The van der Waals surface area contributed by atoms with Crippen LogP contribution in [0.3, 0.4) is 0 Å². The number of sulfone groups is 1. The maximum atomic E-state index is 12.6. The van der Waals surface area contributed by atoms with Gasteiger partial charge in [-0.05, 0) is 12.1 Å². The van der Waals surface area contributed by atoms with Crippen molar-refractivity contribution in [3.05, 3.63) is 24.0 Å². The number of H-pyrrole nitrogens is 1. The number of nitrogens with one attached hydrogen (secondary N) is 1. The van der Waals surface area contributed by atoms with Gasteiger partial charge in [0.05, 0.1) is 23.6 Å². The highest BCUT2D eigenvalue weighted by Crippen LogP contribution is 2.29. The molecule has 1 aromatic rings. The van der Waals surface area contributed by atoms with E-state index in [4.69, 9.17) is 0 Å². The molecule has 3 rings (SSSR count). The van der Waals surface area contributed by atoms with Crippen LogP contribution in [0.5, 0.6) is 0 Å². The normalized spacial score (nSPS) is 26.4. The summed E-state index contributed by atoms with van der Waals surface area (Å²) in [5, 5.41) is 0. The quantitative estimate of drug-likeness (QED) is 0.829. The lowest BCUT2D eigenvalue weighted by molar-refractivity contribution is -0.139. The number of hydrogen-bond donors (Lipinski definition) is 1. The number of carbonyl (C=O) groups is 2. The molecular weight excluding hydrogens is 318 g/mol.